The summed E-state index contributed by atoms with van der Waals surface area (Å²) in [7, 11) is 0. The van der Waals surface area contributed by atoms with Crippen LogP contribution < -0.4 is 5.32 Å². The minimum absolute atomic E-state index is 0.623. The molecule has 0 radical (unpaired) electrons. The van der Waals surface area contributed by atoms with Gasteiger partial charge < -0.3 is 10.2 Å². The van der Waals surface area contributed by atoms with E-state index in [1.807, 2.05) is 0 Å². The van der Waals surface area contributed by atoms with Crippen molar-refractivity contribution < 1.29 is 0 Å². The molecule has 0 aromatic heterocycles. The van der Waals surface area contributed by atoms with Crippen molar-refractivity contribution in [2.45, 2.75) is 39.2 Å². The number of hydrogen-bond donors (Lipinski definition) is 1. The first-order valence-corrected chi connectivity index (χ1v) is 7.81. The maximum absolute atomic E-state index is 3.78. The van der Waals surface area contributed by atoms with Crippen LogP contribution in [0.2, 0.25) is 0 Å². The molecule has 0 spiro atoms. The van der Waals surface area contributed by atoms with Gasteiger partial charge in [0.1, 0.15) is 0 Å². The Morgan fingerprint density at radius 2 is 2.05 bits per heavy atom. The molecule has 1 saturated heterocycles. The van der Waals surface area contributed by atoms with Gasteiger partial charge in [-0.15, -0.1) is 0 Å². The van der Waals surface area contributed by atoms with Crippen LogP contribution in [-0.4, -0.2) is 37.1 Å². The van der Waals surface area contributed by atoms with Gasteiger partial charge in [-0.3, -0.25) is 0 Å². The van der Waals surface area contributed by atoms with Crippen LogP contribution in [0.4, 0.5) is 0 Å². The lowest BCUT2D eigenvalue weighted by molar-refractivity contribution is 0.333. The quantitative estimate of drug-likeness (QED) is 0.811. The first-order chi connectivity index (χ1) is 9.31. The molecule has 2 rings (SSSR count). The summed E-state index contributed by atoms with van der Waals surface area (Å²) in [5.41, 5.74) is 1.45. The molecule has 2 nitrogen and oxygen atoms in total. The van der Waals surface area contributed by atoms with E-state index in [1.165, 1.54) is 44.6 Å². The Morgan fingerprint density at radius 1 is 1.26 bits per heavy atom. The number of nitrogens with one attached hydrogen (secondary N) is 1. The average Bonchev–Trinajstić information content (AvgIpc) is 2.92. The van der Waals surface area contributed by atoms with Crippen molar-refractivity contribution in [3.05, 3.63) is 35.9 Å². The normalized spacial score (nSPS) is 21.7. The molecule has 2 unspecified atom stereocenters. The highest BCUT2D eigenvalue weighted by Gasteiger charge is 2.21. The molecule has 1 N–H and O–H groups in total. The van der Waals surface area contributed by atoms with E-state index in [9.17, 15) is 0 Å². The van der Waals surface area contributed by atoms with E-state index < -0.39 is 0 Å². The van der Waals surface area contributed by atoms with Gasteiger partial charge in [-0.2, -0.15) is 0 Å². The summed E-state index contributed by atoms with van der Waals surface area (Å²) in [4.78, 5) is 2.56. The summed E-state index contributed by atoms with van der Waals surface area (Å²) in [5, 5.41) is 3.78. The van der Waals surface area contributed by atoms with Crippen molar-refractivity contribution in [2.24, 2.45) is 5.92 Å². The molecule has 2 atom stereocenters. The highest BCUT2D eigenvalue weighted by Crippen LogP contribution is 2.15. The van der Waals surface area contributed by atoms with Crippen LogP contribution in [0.5, 0.6) is 0 Å². The number of likely N-dealkylation sites (tertiary alicyclic amines) is 1. The topological polar surface area (TPSA) is 15.3 Å². The smallest absolute Gasteiger partial charge is 0.0105 e. The molecule has 2 heteroatoms. The summed E-state index contributed by atoms with van der Waals surface area (Å²) in [6, 6.07) is 11.5. The van der Waals surface area contributed by atoms with Gasteiger partial charge in [0.15, 0.2) is 0 Å². The predicted octanol–water partition coefficient (Wildman–Crippen LogP) is 2.94. The molecular formula is C17H28N2. The van der Waals surface area contributed by atoms with E-state index in [-0.39, 0.29) is 0 Å². The Balaban J connectivity index is 1.74. The summed E-state index contributed by atoms with van der Waals surface area (Å²) < 4.78 is 0. The van der Waals surface area contributed by atoms with Crippen LogP contribution in [0.1, 0.15) is 32.3 Å². The third-order valence-corrected chi connectivity index (χ3v) is 4.33. The van der Waals surface area contributed by atoms with Crippen molar-refractivity contribution in [1.29, 1.82) is 0 Å². The second kappa shape index (κ2) is 7.66. The molecular weight excluding hydrogens is 232 g/mol. The van der Waals surface area contributed by atoms with Gasteiger partial charge in [0.25, 0.3) is 0 Å². The number of benzene rings is 1. The van der Waals surface area contributed by atoms with Crippen LogP contribution in [-0.2, 0) is 6.42 Å². The molecule has 1 aromatic carbocycles. The molecule has 0 bridgehead atoms. The van der Waals surface area contributed by atoms with Crippen LogP contribution in [0, 0.1) is 5.92 Å². The molecule has 1 aliphatic rings. The van der Waals surface area contributed by atoms with Crippen molar-refractivity contribution >= 4 is 0 Å². The molecule has 0 aliphatic carbocycles. The van der Waals surface area contributed by atoms with E-state index >= 15 is 0 Å². The van der Waals surface area contributed by atoms with Crippen molar-refractivity contribution in [3.8, 4) is 0 Å². The SMILES string of the molecule is CCC(Cc1ccccc1)NCC1CCN(CC)C1. The highest BCUT2D eigenvalue weighted by atomic mass is 15.1. The van der Waals surface area contributed by atoms with E-state index in [0.717, 1.165) is 12.3 Å². The number of nitrogens with zero attached hydrogens (tertiary/aromatic N) is 1. The summed E-state index contributed by atoms with van der Waals surface area (Å²) in [6.07, 6.45) is 3.73. The maximum atomic E-state index is 3.78. The van der Waals surface area contributed by atoms with Crippen LogP contribution >= 0.6 is 0 Å². The van der Waals surface area contributed by atoms with E-state index in [1.54, 1.807) is 0 Å². The third-order valence-electron chi connectivity index (χ3n) is 4.33. The molecule has 1 heterocycles. The van der Waals surface area contributed by atoms with Gasteiger partial charge in [0.2, 0.25) is 0 Å². The zero-order valence-electron chi connectivity index (χ0n) is 12.4. The lowest BCUT2D eigenvalue weighted by Crippen LogP contribution is -2.35. The summed E-state index contributed by atoms with van der Waals surface area (Å²) in [6.45, 7) is 9.51. The standard InChI is InChI=1S/C17H28N2/c1-3-17(12-15-8-6-5-7-9-15)18-13-16-10-11-19(4-2)14-16/h5-9,16-18H,3-4,10-14H2,1-2H3. The predicted molar refractivity (Wildman–Crippen MR) is 82.4 cm³/mol. The fourth-order valence-electron chi connectivity index (χ4n) is 2.96. The van der Waals surface area contributed by atoms with Gasteiger partial charge in [0.05, 0.1) is 0 Å². The second-order valence-electron chi connectivity index (χ2n) is 5.75. The van der Waals surface area contributed by atoms with Gasteiger partial charge in [-0.05, 0) is 50.4 Å². The summed E-state index contributed by atoms with van der Waals surface area (Å²) >= 11 is 0. The van der Waals surface area contributed by atoms with Crippen LogP contribution in [0.3, 0.4) is 0 Å². The second-order valence-corrected chi connectivity index (χ2v) is 5.75. The molecule has 0 saturated carbocycles. The zero-order chi connectivity index (χ0) is 13.5. The Morgan fingerprint density at radius 3 is 2.68 bits per heavy atom. The van der Waals surface area contributed by atoms with Crippen molar-refractivity contribution in [1.82, 2.24) is 10.2 Å². The Kier molecular flexibility index (Phi) is 5.87. The van der Waals surface area contributed by atoms with E-state index in [4.69, 9.17) is 0 Å². The lowest BCUT2D eigenvalue weighted by atomic mass is 10.0. The van der Waals surface area contributed by atoms with Crippen LogP contribution in [0.25, 0.3) is 0 Å². The number of rotatable bonds is 7. The largest absolute Gasteiger partial charge is 0.313 e. The van der Waals surface area contributed by atoms with Gasteiger partial charge in [-0.25, -0.2) is 0 Å². The Hall–Kier alpha value is -0.860. The monoisotopic (exact) mass is 260 g/mol. The molecule has 106 valence electrons. The first kappa shape index (κ1) is 14.5. The lowest BCUT2D eigenvalue weighted by Gasteiger charge is -2.20. The minimum Gasteiger partial charge on any atom is -0.313 e. The number of hydrogen-bond acceptors (Lipinski definition) is 2. The van der Waals surface area contributed by atoms with E-state index in [0.29, 0.717) is 6.04 Å². The molecule has 0 amide bonds. The van der Waals surface area contributed by atoms with Crippen LogP contribution in [0.15, 0.2) is 30.3 Å². The first-order valence-electron chi connectivity index (χ1n) is 7.81. The summed E-state index contributed by atoms with van der Waals surface area (Å²) in [5.74, 6) is 0.852. The zero-order valence-corrected chi connectivity index (χ0v) is 12.4. The fourth-order valence-corrected chi connectivity index (χ4v) is 2.96. The maximum Gasteiger partial charge on any atom is 0.0105 e. The average molecular weight is 260 g/mol. The molecule has 19 heavy (non-hydrogen) atoms. The van der Waals surface area contributed by atoms with Gasteiger partial charge in [0, 0.05) is 12.6 Å². The Bertz CT molecular complexity index is 350. The van der Waals surface area contributed by atoms with E-state index in [2.05, 4.69) is 54.4 Å². The third kappa shape index (κ3) is 4.63. The molecule has 1 aromatic rings. The molecule has 1 fully saturated rings. The minimum atomic E-state index is 0.623. The molecule has 1 aliphatic heterocycles. The van der Waals surface area contributed by atoms with Crippen molar-refractivity contribution in [3.63, 3.8) is 0 Å². The fraction of sp³-hybridized carbons (Fsp3) is 0.647. The van der Waals surface area contributed by atoms with Crippen molar-refractivity contribution in [2.75, 3.05) is 26.2 Å². The van der Waals surface area contributed by atoms with Gasteiger partial charge in [-0.1, -0.05) is 44.2 Å². The van der Waals surface area contributed by atoms with Gasteiger partial charge >= 0.3 is 0 Å². The highest BCUT2D eigenvalue weighted by molar-refractivity contribution is 5.15. The Labute approximate surface area is 118 Å².